The van der Waals surface area contributed by atoms with Crippen LogP contribution in [0.3, 0.4) is 0 Å². The number of carbonyl (C=O) groups excluding carboxylic acids is 3. The second kappa shape index (κ2) is 13.9. The second-order valence-electron chi connectivity index (χ2n) is 15.8. The summed E-state index contributed by atoms with van der Waals surface area (Å²) in [4.78, 5) is 49.6. The number of para-hydroxylation sites is 2. The Morgan fingerprint density at radius 3 is 2.53 bits per heavy atom. The SMILES string of the molecule is CC(C)n1c(O[C@@H]2C[C@H]3C(=O)C[C@]4(C(=O)NS(=O)(=O)C5(C)CC5)C[C@@H]4/C=C\CCCCC[C@H](Cc4ccccc4)C(=O)N3C2)nc2ccccc21. The molecule has 4 aliphatic rings. The molecule has 5 atom stereocenters. The van der Waals surface area contributed by atoms with Crippen molar-refractivity contribution >= 4 is 38.7 Å². The lowest BCUT2D eigenvalue weighted by molar-refractivity contribution is -0.142. The Morgan fingerprint density at radius 1 is 1.04 bits per heavy atom. The Bertz CT molecular complexity index is 1930. The molecule has 2 aliphatic heterocycles. The number of Topliss-reactive ketones (excluding diaryl/α,β-unsaturated/α-hetero) is 1. The molecule has 3 fully saturated rings. The van der Waals surface area contributed by atoms with E-state index in [0.717, 1.165) is 42.3 Å². The van der Waals surface area contributed by atoms with E-state index in [4.69, 9.17) is 9.72 Å². The van der Waals surface area contributed by atoms with Crippen LogP contribution in [0.25, 0.3) is 11.0 Å². The van der Waals surface area contributed by atoms with Crippen molar-refractivity contribution in [2.24, 2.45) is 17.3 Å². The van der Waals surface area contributed by atoms with E-state index >= 15 is 0 Å². The molecule has 10 nitrogen and oxygen atoms in total. The molecule has 1 N–H and O–H groups in total. The molecule has 272 valence electrons. The van der Waals surface area contributed by atoms with Gasteiger partial charge in [-0.25, -0.2) is 8.42 Å². The van der Waals surface area contributed by atoms with Gasteiger partial charge < -0.3 is 9.64 Å². The van der Waals surface area contributed by atoms with E-state index in [1.165, 1.54) is 0 Å². The molecule has 7 rings (SSSR count). The van der Waals surface area contributed by atoms with Gasteiger partial charge in [0.15, 0.2) is 5.78 Å². The Hall–Kier alpha value is -3.99. The Morgan fingerprint density at radius 2 is 1.78 bits per heavy atom. The van der Waals surface area contributed by atoms with Gasteiger partial charge in [0, 0.05) is 24.8 Å². The quantitative estimate of drug-likeness (QED) is 0.271. The van der Waals surface area contributed by atoms with Crippen LogP contribution in [0.5, 0.6) is 6.01 Å². The molecular weight excluding hydrogens is 665 g/mol. The molecule has 1 saturated heterocycles. The first-order valence-electron chi connectivity index (χ1n) is 18.6. The number of allylic oxidation sites excluding steroid dienone is 2. The summed E-state index contributed by atoms with van der Waals surface area (Å²) in [6.07, 6.45) is 9.95. The number of ether oxygens (including phenoxy) is 1. The zero-order chi connectivity index (χ0) is 36.0. The number of imidazole rings is 1. The minimum Gasteiger partial charge on any atom is -0.459 e. The maximum atomic E-state index is 14.7. The highest BCUT2D eigenvalue weighted by atomic mass is 32.2. The molecule has 2 amide bonds. The van der Waals surface area contributed by atoms with Crippen molar-refractivity contribution in [1.82, 2.24) is 19.2 Å². The number of rotatable bonds is 8. The number of ketones is 1. The average molecular weight is 715 g/mol. The van der Waals surface area contributed by atoms with Gasteiger partial charge in [-0.2, -0.15) is 4.98 Å². The van der Waals surface area contributed by atoms with Gasteiger partial charge in [0.1, 0.15) is 6.10 Å². The van der Waals surface area contributed by atoms with Gasteiger partial charge in [0.2, 0.25) is 21.8 Å². The number of nitrogens with one attached hydrogen (secondary N) is 1. The third kappa shape index (κ3) is 7.10. The first kappa shape index (κ1) is 35.4. The molecule has 0 radical (unpaired) electrons. The van der Waals surface area contributed by atoms with Gasteiger partial charge in [-0.1, -0.05) is 67.5 Å². The Kier molecular flexibility index (Phi) is 9.62. The van der Waals surface area contributed by atoms with Gasteiger partial charge in [0.05, 0.1) is 33.8 Å². The van der Waals surface area contributed by atoms with Gasteiger partial charge in [-0.3, -0.25) is 23.7 Å². The largest absolute Gasteiger partial charge is 0.459 e. The van der Waals surface area contributed by atoms with Crippen molar-refractivity contribution in [3.05, 3.63) is 72.3 Å². The highest BCUT2D eigenvalue weighted by Gasteiger charge is 2.62. The lowest BCUT2D eigenvalue weighted by atomic mass is 9.90. The number of carbonyl (C=O) groups is 3. The molecule has 11 heteroatoms. The summed E-state index contributed by atoms with van der Waals surface area (Å²) in [6.45, 7) is 6.00. The Labute approximate surface area is 301 Å². The zero-order valence-corrected chi connectivity index (χ0v) is 30.7. The fraction of sp³-hybridized carbons (Fsp3) is 0.550. The predicted octanol–water partition coefficient (Wildman–Crippen LogP) is 6.31. The maximum absolute atomic E-state index is 14.7. The monoisotopic (exact) mass is 714 g/mol. The van der Waals surface area contributed by atoms with Crippen molar-refractivity contribution in [1.29, 1.82) is 0 Å². The molecule has 0 bridgehead atoms. The minimum atomic E-state index is -3.89. The number of fused-ring (bicyclic) bond motifs is 3. The third-order valence-electron chi connectivity index (χ3n) is 11.6. The molecule has 2 aromatic carbocycles. The molecule has 2 saturated carbocycles. The van der Waals surface area contributed by atoms with Crippen LogP contribution in [0.1, 0.15) is 96.6 Å². The van der Waals surface area contributed by atoms with Crippen molar-refractivity contribution in [3.63, 3.8) is 0 Å². The smallest absolute Gasteiger partial charge is 0.297 e. The molecule has 0 unspecified atom stereocenters. The summed E-state index contributed by atoms with van der Waals surface area (Å²) in [5.41, 5.74) is 1.65. The van der Waals surface area contributed by atoms with E-state index in [2.05, 4.69) is 24.6 Å². The van der Waals surface area contributed by atoms with Crippen LogP contribution in [0.4, 0.5) is 0 Å². The third-order valence-corrected chi connectivity index (χ3v) is 13.8. The summed E-state index contributed by atoms with van der Waals surface area (Å²) in [7, 11) is -3.89. The normalized spacial score (nSPS) is 28.7. The van der Waals surface area contributed by atoms with E-state index in [-0.39, 0.29) is 49.0 Å². The minimum absolute atomic E-state index is 0.0604. The maximum Gasteiger partial charge on any atom is 0.297 e. The number of aromatic nitrogens is 2. The summed E-state index contributed by atoms with van der Waals surface area (Å²) in [5, 5.41) is 0. The Balaban J connectivity index is 1.21. The number of benzene rings is 2. The number of sulfonamides is 1. The highest BCUT2D eigenvalue weighted by molar-refractivity contribution is 7.91. The average Bonchev–Trinajstić information content (AvgIpc) is 3.92. The standard InChI is InChI=1S/C40H50N4O6S/c1-27(2)44-33-19-13-12-18-32(33)41-38(44)50-31-23-34-35(45)25-40(37(47)42-51(48,49)39(3)20-21-39)24-30(40)17-11-6-4-5-10-16-29(36(46)43(34)26-31)22-28-14-8-7-9-15-28/h7-9,11-15,17-19,27,29-31,34H,4-6,10,16,20-26H2,1-3H3,(H,42,47)/b17-11-/t29-,30+,31-,34+,40-/m1/s1. The van der Waals surface area contributed by atoms with E-state index < -0.39 is 38.2 Å². The topological polar surface area (TPSA) is 128 Å². The summed E-state index contributed by atoms with van der Waals surface area (Å²) < 4.78 is 36.4. The van der Waals surface area contributed by atoms with Crippen LogP contribution in [-0.4, -0.2) is 63.9 Å². The summed E-state index contributed by atoms with van der Waals surface area (Å²) in [6, 6.07) is 17.5. The fourth-order valence-electron chi connectivity index (χ4n) is 8.07. The van der Waals surface area contributed by atoms with Crippen molar-refractivity contribution < 1.29 is 27.5 Å². The van der Waals surface area contributed by atoms with Crippen LogP contribution in [0, 0.1) is 17.3 Å². The van der Waals surface area contributed by atoms with Gasteiger partial charge in [-0.15, -0.1) is 0 Å². The molecular formula is C40H50N4O6S. The van der Waals surface area contributed by atoms with Gasteiger partial charge in [0.25, 0.3) is 6.01 Å². The number of hydrogen-bond donors (Lipinski definition) is 1. The molecule has 2 aliphatic carbocycles. The predicted molar refractivity (Wildman–Crippen MR) is 195 cm³/mol. The lowest BCUT2D eigenvalue weighted by Gasteiger charge is -2.29. The van der Waals surface area contributed by atoms with Crippen LogP contribution in [0.2, 0.25) is 0 Å². The van der Waals surface area contributed by atoms with E-state index in [1.807, 2.05) is 65.2 Å². The van der Waals surface area contributed by atoms with Crippen molar-refractivity contribution in [3.8, 4) is 6.01 Å². The number of nitrogens with zero attached hydrogens (tertiary/aromatic N) is 3. The van der Waals surface area contributed by atoms with Crippen LogP contribution in [0.15, 0.2) is 66.7 Å². The molecule has 0 spiro atoms. The first-order chi connectivity index (χ1) is 24.4. The van der Waals surface area contributed by atoms with Crippen molar-refractivity contribution in [2.75, 3.05) is 6.54 Å². The summed E-state index contributed by atoms with van der Waals surface area (Å²) in [5.74, 6) is -1.50. The first-order valence-corrected chi connectivity index (χ1v) is 20.1. The van der Waals surface area contributed by atoms with Gasteiger partial charge in [-0.05, 0) is 89.3 Å². The number of hydrogen-bond acceptors (Lipinski definition) is 7. The van der Waals surface area contributed by atoms with Crippen molar-refractivity contribution in [2.45, 2.75) is 114 Å². The van der Waals surface area contributed by atoms with E-state index in [0.29, 0.717) is 38.1 Å². The molecule has 3 heterocycles. The highest BCUT2D eigenvalue weighted by Crippen LogP contribution is 2.57. The van der Waals surface area contributed by atoms with Gasteiger partial charge >= 0.3 is 0 Å². The van der Waals surface area contributed by atoms with Crippen LogP contribution in [-0.2, 0) is 30.8 Å². The summed E-state index contributed by atoms with van der Waals surface area (Å²) >= 11 is 0. The van der Waals surface area contributed by atoms with Crippen LogP contribution >= 0.6 is 0 Å². The lowest BCUT2D eigenvalue weighted by Crippen LogP contribution is -2.47. The van der Waals surface area contributed by atoms with E-state index in [1.54, 1.807) is 11.8 Å². The van der Waals surface area contributed by atoms with Crippen LogP contribution < -0.4 is 9.46 Å². The zero-order valence-electron chi connectivity index (χ0n) is 29.9. The number of amides is 2. The second-order valence-corrected chi connectivity index (χ2v) is 18.0. The molecule has 3 aromatic rings. The van der Waals surface area contributed by atoms with E-state index in [9.17, 15) is 22.8 Å². The fourth-order valence-corrected chi connectivity index (χ4v) is 9.41. The molecule has 1 aromatic heterocycles. The molecule has 51 heavy (non-hydrogen) atoms.